The number of rotatable bonds is 17. The summed E-state index contributed by atoms with van der Waals surface area (Å²) in [5.74, 6) is 0.213. The minimum absolute atomic E-state index is 0.0444. The van der Waals surface area contributed by atoms with Crippen LogP contribution in [-0.2, 0) is 27.6 Å². The first-order chi connectivity index (χ1) is 20.5. The van der Waals surface area contributed by atoms with Gasteiger partial charge < -0.3 is 22.8 Å². The molecule has 0 bridgehead atoms. The highest BCUT2D eigenvalue weighted by Gasteiger charge is 2.64. The van der Waals surface area contributed by atoms with Gasteiger partial charge in [0, 0.05) is 48.0 Å². The minimum atomic E-state index is -2.83. The van der Waals surface area contributed by atoms with Crippen LogP contribution in [0.5, 0.6) is 0 Å². The van der Waals surface area contributed by atoms with Crippen LogP contribution in [0.15, 0.2) is 0 Å². The Balaban J connectivity index is 3.05. The van der Waals surface area contributed by atoms with Gasteiger partial charge in [-0.1, -0.05) is 118 Å². The molecule has 0 amide bonds. The third-order valence-corrected chi connectivity index (χ3v) is 22.5. The van der Waals surface area contributed by atoms with E-state index in [9.17, 15) is 9.59 Å². The number of carbonyl (C=O) groups is 2. The molecule has 8 atom stereocenters. The number of ketones is 1. The predicted octanol–water partition coefficient (Wildman–Crippen LogP) is 10.1. The number of aldehydes is 1. The molecule has 1 aliphatic rings. The first-order valence-corrected chi connectivity index (χ1v) is 21.9. The highest BCUT2D eigenvalue weighted by atomic mass is 28.4. The fourth-order valence-corrected chi connectivity index (χ4v) is 19.7. The molecule has 1 heterocycles. The summed E-state index contributed by atoms with van der Waals surface area (Å²) in [5, 5.41) is -0.385. The zero-order valence-corrected chi connectivity index (χ0v) is 34.7. The molecule has 0 aromatic heterocycles. The van der Waals surface area contributed by atoms with Crippen molar-refractivity contribution in [2.45, 2.75) is 182 Å². The molecule has 8 heteroatoms. The SMILES string of the molecule is CO[C@H]([C@H](C)CCO[Si](C(C)C)(C(C)C)C(C)C)[C@@H](C)C(=O)CC[C@H](C)[C@@H]1O[Si](C(C)(C)C)(C(C)(C)C)O[C@@H]([C@H](C)C=O)[C@H]1C. The lowest BCUT2D eigenvalue weighted by atomic mass is 9.81. The Morgan fingerprint density at radius 3 is 1.69 bits per heavy atom. The highest BCUT2D eigenvalue weighted by Crippen LogP contribution is 2.57. The van der Waals surface area contributed by atoms with Gasteiger partial charge >= 0.3 is 8.56 Å². The maximum absolute atomic E-state index is 13.7. The number of ether oxygens (including phenoxy) is 1. The quantitative estimate of drug-likeness (QED) is 0.113. The van der Waals surface area contributed by atoms with E-state index >= 15 is 0 Å². The normalized spacial score (nSPS) is 24.9. The Hall–Kier alpha value is -0.386. The number of carbonyl (C=O) groups excluding carboxylic acids is 2. The topological polar surface area (TPSA) is 71.1 Å². The molecule has 1 fully saturated rings. The molecule has 266 valence electrons. The summed E-state index contributed by atoms with van der Waals surface area (Å²) in [5.41, 5.74) is 1.65. The monoisotopic (exact) mass is 671 g/mol. The van der Waals surface area contributed by atoms with Crippen LogP contribution in [0.2, 0.25) is 26.7 Å². The van der Waals surface area contributed by atoms with E-state index < -0.39 is 16.9 Å². The van der Waals surface area contributed by atoms with E-state index in [-0.39, 0.29) is 63.8 Å². The van der Waals surface area contributed by atoms with Crippen LogP contribution >= 0.6 is 0 Å². The average molecular weight is 671 g/mol. The van der Waals surface area contributed by atoms with E-state index in [1.807, 2.05) is 13.8 Å². The molecular formula is C37H74O6Si2. The van der Waals surface area contributed by atoms with Gasteiger partial charge in [-0.25, -0.2) is 0 Å². The first-order valence-electron chi connectivity index (χ1n) is 18.0. The van der Waals surface area contributed by atoms with Crippen molar-refractivity contribution in [3.8, 4) is 0 Å². The van der Waals surface area contributed by atoms with Crippen molar-refractivity contribution < 1.29 is 27.6 Å². The summed E-state index contributed by atoms with van der Waals surface area (Å²) < 4.78 is 27.0. The number of methoxy groups -OCH3 is 1. The van der Waals surface area contributed by atoms with Crippen LogP contribution in [0.4, 0.5) is 0 Å². The summed E-state index contributed by atoms with van der Waals surface area (Å²) in [6, 6.07) is 0. The van der Waals surface area contributed by atoms with Crippen LogP contribution in [0, 0.1) is 29.6 Å². The Bertz CT molecular complexity index is 885. The molecular weight excluding hydrogens is 597 g/mol. The molecule has 45 heavy (non-hydrogen) atoms. The van der Waals surface area contributed by atoms with Gasteiger partial charge in [0.25, 0.3) is 0 Å². The van der Waals surface area contributed by atoms with Gasteiger partial charge in [-0.2, -0.15) is 0 Å². The van der Waals surface area contributed by atoms with Crippen molar-refractivity contribution in [3.05, 3.63) is 0 Å². The standard InChI is InChI=1S/C37H74O6Si2/c1-24(2)44(25(3)4,26(5)6)41-22-21-28(8)33(40-18)30(10)32(39)20-19-27(7)34-31(11)35(29(9)23-38)43-45(42-34,36(12,13)14)37(15,16)17/h23-31,33-35H,19-22H2,1-18H3/t27-,28+,29+,30-,31-,33+,34-,35-/m0/s1. The second kappa shape index (κ2) is 16.8. The second-order valence-corrected chi connectivity index (χ2v) is 27.7. The second-order valence-electron chi connectivity index (χ2n) is 17.5. The smallest absolute Gasteiger partial charge is 0.349 e. The van der Waals surface area contributed by atoms with Crippen molar-refractivity contribution in [3.63, 3.8) is 0 Å². The van der Waals surface area contributed by atoms with Gasteiger partial charge in [-0.05, 0) is 41.3 Å². The average Bonchev–Trinajstić information content (AvgIpc) is 2.91. The van der Waals surface area contributed by atoms with Gasteiger partial charge in [-0.3, -0.25) is 4.79 Å². The summed E-state index contributed by atoms with van der Waals surface area (Å²) in [4.78, 5) is 25.7. The van der Waals surface area contributed by atoms with Crippen molar-refractivity contribution >= 4 is 28.9 Å². The molecule has 0 aromatic rings. The fraction of sp³-hybridized carbons (Fsp3) is 0.946. The van der Waals surface area contributed by atoms with Crippen molar-refractivity contribution in [2.24, 2.45) is 29.6 Å². The molecule has 0 aromatic carbocycles. The van der Waals surface area contributed by atoms with Crippen LogP contribution in [0.1, 0.15) is 137 Å². The lowest BCUT2D eigenvalue weighted by Gasteiger charge is -2.58. The van der Waals surface area contributed by atoms with Gasteiger partial charge in [0.15, 0.2) is 8.32 Å². The van der Waals surface area contributed by atoms with E-state index in [0.29, 0.717) is 29.7 Å². The lowest BCUT2D eigenvalue weighted by molar-refractivity contribution is -0.130. The van der Waals surface area contributed by atoms with Crippen LogP contribution < -0.4 is 0 Å². The Kier molecular flexibility index (Phi) is 15.9. The van der Waals surface area contributed by atoms with Gasteiger partial charge in [0.2, 0.25) is 0 Å². The third-order valence-electron chi connectivity index (χ3n) is 11.2. The number of Topliss-reactive ketones (excluding diaryl/α,β-unsaturated/α-hetero) is 1. The predicted molar refractivity (Wildman–Crippen MR) is 193 cm³/mol. The summed E-state index contributed by atoms with van der Waals surface area (Å²) in [6.45, 7) is 38.4. The molecule has 6 nitrogen and oxygen atoms in total. The lowest BCUT2D eigenvalue weighted by Crippen LogP contribution is -2.67. The maximum Gasteiger partial charge on any atom is 0.349 e. The van der Waals surface area contributed by atoms with E-state index in [2.05, 4.69) is 104 Å². The summed E-state index contributed by atoms with van der Waals surface area (Å²) in [7, 11) is -3.03. The molecule has 0 unspecified atom stereocenters. The first kappa shape index (κ1) is 42.6. The van der Waals surface area contributed by atoms with Crippen molar-refractivity contribution in [1.29, 1.82) is 0 Å². The van der Waals surface area contributed by atoms with Crippen molar-refractivity contribution in [1.82, 2.24) is 0 Å². The molecule has 0 N–H and O–H groups in total. The van der Waals surface area contributed by atoms with Gasteiger partial charge in [-0.15, -0.1) is 0 Å². The Morgan fingerprint density at radius 1 is 0.822 bits per heavy atom. The summed E-state index contributed by atoms with van der Waals surface area (Å²) in [6.07, 6.45) is 2.69. The van der Waals surface area contributed by atoms with E-state index in [4.69, 9.17) is 18.0 Å². The fourth-order valence-electron chi connectivity index (χ4n) is 8.90. The molecule has 0 aliphatic carbocycles. The van der Waals surface area contributed by atoms with Crippen molar-refractivity contribution in [2.75, 3.05) is 13.7 Å². The molecule has 1 rings (SSSR count). The van der Waals surface area contributed by atoms with Gasteiger partial charge in [0.1, 0.15) is 12.1 Å². The minimum Gasteiger partial charge on any atom is -0.416 e. The third kappa shape index (κ3) is 9.40. The molecule has 0 spiro atoms. The maximum atomic E-state index is 13.7. The highest BCUT2D eigenvalue weighted by molar-refractivity contribution is 6.77. The Labute approximate surface area is 281 Å². The molecule has 1 saturated heterocycles. The Morgan fingerprint density at radius 2 is 1.29 bits per heavy atom. The zero-order chi connectivity index (χ0) is 35.3. The van der Waals surface area contributed by atoms with E-state index in [0.717, 1.165) is 19.1 Å². The van der Waals surface area contributed by atoms with E-state index in [1.165, 1.54) is 0 Å². The molecule has 1 aliphatic heterocycles. The van der Waals surface area contributed by atoms with E-state index in [1.54, 1.807) is 7.11 Å². The van der Waals surface area contributed by atoms with Crippen LogP contribution in [0.3, 0.4) is 0 Å². The largest absolute Gasteiger partial charge is 0.416 e. The van der Waals surface area contributed by atoms with Crippen LogP contribution in [-0.4, -0.2) is 61.0 Å². The van der Waals surface area contributed by atoms with Gasteiger partial charge in [0.05, 0.1) is 18.3 Å². The number of hydrogen-bond donors (Lipinski definition) is 0. The molecule has 0 radical (unpaired) electrons. The zero-order valence-electron chi connectivity index (χ0n) is 32.7. The number of hydrogen-bond acceptors (Lipinski definition) is 6. The summed E-state index contributed by atoms with van der Waals surface area (Å²) >= 11 is 0. The molecule has 0 saturated carbocycles. The van der Waals surface area contributed by atoms with Crippen LogP contribution in [0.25, 0.3) is 0 Å².